The molecule has 0 saturated heterocycles. The zero-order valence-corrected chi connectivity index (χ0v) is 21.4. The van der Waals surface area contributed by atoms with Crippen molar-refractivity contribution < 1.29 is 34.4 Å². The Labute approximate surface area is 202 Å². The zero-order valence-electron chi connectivity index (χ0n) is 21.4. The standard InChI is InChI=1S/C26H41NO7/c1-16(2)19(23(29)30)13-21(22(28)14-20(17(3)4)24(31)32)27(25(33)34-26(5,6)7)15-18-11-9-8-10-12-18/h8-12,16-17,19-22,28H,13-15H2,1-7H3,(H,29,30)(H,31,32)/t19-,20-,21-,22-/m0/s1. The van der Waals surface area contributed by atoms with Crippen molar-refractivity contribution in [3.8, 4) is 0 Å². The average molecular weight is 480 g/mol. The van der Waals surface area contributed by atoms with Crippen LogP contribution >= 0.6 is 0 Å². The van der Waals surface area contributed by atoms with E-state index in [1.807, 2.05) is 30.3 Å². The van der Waals surface area contributed by atoms with Crippen LogP contribution in [0.4, 0.5) is 4.79 Å². The number of aliphatic hydroxyl groups excluding tert-OH is 1. The molecule has 8 heteroatoms. The van der Waals surface area contributed by atoms with Crippen LogP contribution in [-0.4, -0.2) is 56.0 Å². The summed E-state index contributed by atoms with van der Waals surface area (Å²) in [6.07, 6.45) is -2.11. The van der Waals surface area contributed by atoms with Crippen LogP contribution in [-0.2, 0) is 20.9 Å². The first-order valence-corrected chi connectivity index (χ1v) is 11.8. The van der Waals surface area contributed by atoms with E-state index in [0.717, 1.165) is 5.56 Å². The van der Waals surface area contributed by atoms with Crippen molar-refractivity contribution in [3.63, 3.8) is 0 Å². The molecular weight excluding hydrogens is 438 g/mol. The van der Waals surface area contributed by atoms with Crippen LogP contribution < -0.4 is 0 Å². The first-order valence-electron chi connectivity index (χ1n) is 11.8. The van der Waals surface area contributed by atoms with E-state index in [2.05, 4.69) is 0 Å². The Morgan fingerprint density at radius 1 is 0.882 bits per heavy atom. The van der Waals surface area contributed by atoms with Crippen molar-refractivity contribution in [3.05, 3.63) is 35.9 Å². The van der Waals surface area contributed by atoms with Gasteiger partial charge in [-0.1, -0.05) is 58.0 Å². The molecule has 1 amide bonds. The molecule has 4 atom stereocenters. The smallest absolute Gasteiger partial charge is 0.410 e. The third-order valence-electron chi connectivity index (χ3n) is 5.90. The topological polar surface area (TPSA) is 124 Å². The van der Waals surface area contributed by atoms with Crippen LogP contribution in [0, 0.1) is 23.7 Å². The molecule has 0 aliphatic carbocycles. The first-order chi connectivity index (χ1) is 15.6. The van der Waals surface area contributed by atoms with Gasteiger partial charge in [-0.15, -0.1) is 0 Å². The summed E-state index contributed by atoms with van der Waals surface area (Å²) >= 11 is 0. The highest BCUT2D eigenvalue weighted by Gasteiger charge is 2.39. The van der Waals surface area contributed by atoms with Gasteiger partial charge in [0, 0.05) is 6.54 Å². The molecule has 1 rings (SSSR count). The molecule has 0 aliphatic rings. The van der Waals surface area contributed by atoms with Gasteiger partial charge in [0.05, 0.1) is 24.0 Å². The van der Waals surface area contributed by atoms with Gasteiger partial charge in [-0.2, -0.15) is 0 Å². The number of hydrogen-bond acceptors (Lipinski definition) is 5. The molecule has 34 heavy (non-hydrogen) atoms. The number of carboxylic acids is 2. The zero-order chi connectivity index (χ0) is 26.2. The van der Waals surface area contributed by atoms with E-state index in [4.69, 9.17) is 4.74 Å². The monoisotopic (exact) mass is 479 g/mol. The number of amides is 1. The molecule has 1 aromatic rings. The molecule has 0 spiro atoms. The van der Waals surface area contributed by atoms with Gasteiger partial charge in [-0.05, 0) is 51.0 Å². The minimum absolute atomic E-state index is 0.0370. The molecule has 0 saturated carbocycles. The maximum absolute atomic E-state index is 13.3. The maximum Gasteiger partial charge on any atom is 0.410 e. The number of benzene rings is 1. The van der Waals surface area contributed by atoms with Crippen molar-refractivity contribution in [2.75, 3.05) is 0 Å². The second-order valence-electron chi connectivity index (χ2n) is 10.6. The number of ether oxygens (including phenoxy) is 1. The molecule has 0 aliphatic heterocycles. The molecule has 0 fully saturated rings. The Morgan fingerprint density at radius 2 is 1.35 bits per heavy atom. The number of hydrogen-bond donors (Lipinski definition) is 3. The van der Waals surface area contributed by atoms with E-state index in [0.29, 0.717) is 0 Å². The number of carboxylic acid groups (broad SMARTS) is 2. The molecule has 0 aromatic heterocycles. The molecule has 3 N–H and O–H groups in total. The average Bonchev–Trinajstić information content (AvgIpc) is 2.69. The summed E-state index contributed by atoms with van der Waals surface area (Å²) in [7, 11) is 0. The fourth-order valence-corrected chi connectivity index (χ4v) is 3.90. The molecule has 8 nitrogen and oxygen atoms in total. The molecule has 1 aromatic carbocycles. The second-order valence-corrected chi connectivity index (χ2v) is 10.6. The van der Waals surface area contributed by atoms with Crippen LogP contribution in [0.5, 0.6) is 0 Å². The fourth-order valence-electron chi connectivity index (χ4n) is 3.90. The minimum Gasteiger partial charge on any atom is -0.481 e. The predicted octanol–water partition coefficient (Wildman–Crippen LogP) is 4.65. The number of carbonyl (C=O) groups excluding carboxylic acids is 1. The Kier molecular flexibility index (Phi) is 11.0. The summed E-state index contributed by atoms with van der Waals surface area (Å²) in [6.45, 7) is 12.3. The molecule has 192 valence electrons. The van der Waals surface area contributed by atoms with Gasteiger partial charge in [0.2, 0.25) is 0 Å². The van der Waals surface area contributed by atoms with Crippen molar-refractivity contribution in [1.82, 2.24) is 4.90 Å². The lowest BCUT2D eigenvalue weighted by Gasteiger charge is -2.38. The Morgan fingerprint density at radius 3 is 1.76 bits per heavy atom. The number of carbonyl (C=O) groups is 3. The summed E-state index contributed by atoms with van der Waals surface area (Å²) in [5.74, 6) is -4.28. The summed E-state index contributed by atoms with van der Waals surface area (Å²) in [6, 6.07) is 8.17. The number of aliphatic hydroxyl groups is 1. The lowest BCUT2D eigenvalue weighted by Crippen LogP contribution is -2.51. The van der Waals surface area contributed by atoms with Crippen LogP contribution in [0.15, 0.2) is 30.3 Å². The highest BCUT2D eigenvalue weighted by atomic mass is 16.6. The van der Waals surface area contributed by atoms with Crippen LogP contribution in [0.3, 0.4) is 0 Å². The van der Waals surface area contributed by atoms with E-state index in [9.17, 15) is 29.7 Å². The van der Waals surface area contributed by atoms with E-state index in [-0.39, 0.29) is 31.2 Å². The number of rotatable bonds is 12. The lowest BCUT2D eigenvalue weighted by atomic mass is 9.82. The van der Waals surface area contributed by atoms with Gasteiger partial charge in [0.25, 0.3) is 0 Å². The summed E-state index contributed by atoms with van der Waals surface area (Å²) in [5.41, 5.74) is -0.0338. The van der Waals surface area contributed by atoms with Gasteiger partial charge >= 0.3 is 18.0 Å². The number of nitrogens with zero attached hydrogens (tertiary/aromatic N) is 1. The highest BCUT2D eigenvalue weighted by molar-refractivity contribution is 5.72. The Hall–Kier alpha value is -2.61. The van der Waals surface area contributed by atoms with Crippen LogP contribution in [0.25, 0.3) is 0 Å². The van der Waals surface area contributed by atoms with Gasteiger partial charge < -0.3 is 20.1 Å². The minimum atomic E-state index is -1.26. The SMILES string of the molecule is CC(C)[C@H](C[C@H](O)[C@H](C[C@H](C(=O)O)C(C)C)N(Cc1ccccc1)C(=O)OC(C)(C)C)C(=O)O. The molecular formula is C26H41NO7. The highest BCUT2D eigenvalue weighted by Crippen LogP contribution is 2.29. The van der Waals surface area contributed by atoms with Gasteiger partial charge in [0.15, 0.2) is 0 Å². The second kappa shape index (κ2) is 12.7. The molecule has 0 unspecified atom stereocenters. The summed E-state index contributed by atoms with van der Waals surface area (Å²) in [4.78, 5) is 38.5. The quantitative estimate of drug-likeness (QED) is 0.399. The third kappa shape index (κ3) is 9.33. The van der Waals surface area contributed by atoms with Gasteiger partial charge in [-0.25, -0.2) is 4.79 Å². The van der Waals surface area contributed by atoms with E-state index < -0.39 is 47.6 Å². The largest absolute Gasteiger partial charge is 0.481 e. The fraction of sp³-hybridized carbons (Fsp3) is 0.654. The van der Waals surface area contributed by atoms with Gasteiger partial charge in [0.1, 0.15) is 5.60 Å². The summed E-state index contributed by atoms with van der Waals surface area (Å²) in [5, 5.41) is 30.8. The third-order valence-corrected chi connectivity index (χ3v) is 5.90. The lowest BCUT2D eigenvalue weighted by molar-refractivity contribution is -0.147. The maximum atomic E-state index is 13.3. The van der Waals surface area contributed by atoms with Crippen molar-refractivity contribution >= 4 is 18.0 Å². The van der Waals surface area contributed by atoms with Crippen molar-refractivity contribution in [2.45, 2.75) is 85.6 Å². The number of aliphatic carboxylic acids is 2. The molecule has 0 bridgehead atoms. The summed E-state index contributed by atoms with van der Waals surface area (Å²) < 4.78 is 5.62. The van der Waals surface area contributed by atoms with E-state index in [1.54, 1.807) is 48.5 Å². The van der Waals surface area contributed by atoms with Crippen molar-refractivity contribution in [2.24, 2.45) is 23.7 Å². The molecule has 0 heterocycles. The van der Waals surface area contributed by atoms with Crippen LogP contribution in [0.2, 0.25) is 0 Å². The first kappa shape index (κ1) is 29.4. The van der Waals surface area contributed by atoms with Gasteiger partial charge in [-0.3, -0.25) is 14.5 Å². The Balaban J connectivity index is 3.49. The predicted molar refractivity (Wildman–Crippen MR) is 129 cm³/mol. The molecule has 0 radical (unpaired) electrons. The van der Waals surface area contributed by atoms with Crippen molar-refractivity contribution in [1.29, 1.82) is 0 Å². The Bertz CT molecular complexity index is 801. The normalized spacial score (nSPS) is 15.5. The van der Waals surface area contributed by atoms with E-state index >= 15 is 0 Å². The van der Waals surface area contributed by atoms with Crippen LogP contribution in [0.1, 0.15) is 66.9 Å². The van der Waals surface area contributed by atoms with E-state index in [1.165, 1.54) is 4.90 Å².